The molecule has 0 radical (unpaired) electrons. The van der Waals surface area contributed by atoms with Crippen LogP contribution in [0.2, 0.25) is 0 Å². The van der Waals surface area contributed by atoms with Crippen LogP contribution in [-0.2, 0) is 0 Å². The van der Waals surface area contributed by atoms with Crippen molar-refractivity contribution in [3.63, 3.8) is 0 Å². The second-order valence-electron chi connectivity index (χ2n) is 5.78. The normalized spacial score (nSPS) is 17.0. The maximum Gasteiger partial charge on any atom is 0.127 e. The molecule has 0 amide bonds. The van der Waals surface area contributed by atoms with Gasteiger partial charge in [-0.3, -0.25) is 4.90 Å². The fourth-order valence-corrected chi connectivity index (χ4v) is 3.04. The zero-order chi connectivity index (χ0) is 14.5. The van der Waals surface area contributed by atoms with E-state index in [-0.39, 0.29) is 18.6 Å². The third-order valence-corrected chi connectivity index (χ3v) is 4.28. The van der Waals surface area contributed by atoms with E-state index in [4.69, 9.17) is 10.5 Å². The van der Waals surface area contributed by atoms with E-state index in [1.165, 1.54) is 30.0 Å². The fourth-order valence-electron chi connectivity index (χ4n) is 3.04. The van der Waals surface area contributed by atoms with E-state index >= 15 is 0 Å². The highest BCUT2D eigenvalue weighted by molar-refractivity contribution is 5.88. The molecule has 0 spiro atoms. The minimum atomic E-state index is 0. The van der Waals surface area contributed by atoms with Crippen LogP contribution in [0.1, 0.15) is 25.7 Å². The summed E-state index contributed by atoms with van der Waals surface area (Å²) in [6.45, 7) is 2.94. The van der Waals surface area contributed by atoms with Gasteiger partial charge in [-0.15, -0.1) is 12.4 Å². The van der Waals surface area contributed by atoms with Crippen LogP contribution < -0.4 is 10.5 Å². The predicted molar refractivity (Wildman–Crippen MR) is 94.7 cm³/mol. The molecule has 2 N–H and O–H groups in total. The third kappa shape index (κ3) is 4.13. The van der Waals surface area contributed by atoms with Gasteiger partial charge in [0.25, 0.3) is 0 Å². The number of rotatable bonds is 5. The van der Waals surface area contributed by atoms with Gasteiger partial charge in [-0.05, 0) is 37.4 Å². The van der Waals surface area contributed by atoms with Crippen LogP contribution >= 0.6 is 12.4 Å². The van der Waals surface area contributed by atoms with Crippen LogP contribution in [0.4, 0.5) is 0 Å². The van der Waals surface area contributed by atoms with Crippen molar-refractivity contribution in [3.05, 3.63) is 42.5 Å². The molecular formula is C18H25ClN2O. The number of benzene rings is 2. The first kappa shape index (κ1) is 17.1. The molecule has 3 rings (SSSR count). The van der Waals surface area contributed by atoms with Gasteiger partial charge in [0.05, 0.1) is 12.8 Å². The molecule has 1 aliphatic heterocycles. The van der Waals surface area contributed by atoms with Crippen molar-refractivity contribution < 1.29 is 4.74 Å². The molecule has 0 aliphatic carbocycles. The Balaban J connectivity index is 0.00000176. The van der Waals surface area contributed by atoms with Crippen molar-refractivity contribution in [2.45, 2.75) is 31.8 Å². The topological polar surface area (TPSA) is 38.5 Å². The van der Waals surface area contributed by atoms with E-state index < -0.39 is 0 Å². The number of halogens is 1. The Morgan fingerprint density at radius 2 is 1.73 bits per heavy atom. The van der Waals surface area contributed by atoms with Gasteiger partial charge in [0, 0.05) is 11.8 Å². The summed E-state index contributed by atoms with van der Waals surface area (Å²) in [6, 6.07) is 14.5. The van der Waals surface area contributed by atoms with Gasteiger partial charge in [-0.25, -0.2) is 0 Å². The van der Waals surface area contributed by atoms with Gasteiger partial charge in [-0.2, -0.15) is 0 Å². The molecule has 2 aromatic carbocycles. The molecule has 4 heteroatoms. The molecule has 1 saturated heterocycles. The fraction of sp³-hybridized carbons (Fsp3) is 0.444. The SMILES string of the molecule is Cl.NC(CCOc1cccc2ccccc12)N1CCCCC1. The summed E-state index contributed by atoms with van der Waals surface area (Å²) in [6.07, 6.45) is 4.90. The van der Waals surface area contributed by atoms with E-state index in [2.05, 4.69) is 35.2 Å². The van der Waals surface area contributed by atoms with Crippen LogP contribution in [0.5, 0.6) is 5.75 Å². The summed E-state index contributed by atoms with van der Waals surface area (Å²) in [4.78, 5) is 2.38. The van der Waals surface area contributed by atoms with Crippen LogP contribution in [0.3, 0.4) is 0 Å². The maximum atomic E-state index is 6.27. The summed E-state index contributed by atoms with van der Waals surface area (Å²) < 4.78 is 5.97. The first-order valence-electron chi connectivity index (χ1n) is 7.95. The summed E-state index contributed by atoms with van der Waals surface area (Å²) in [5.74, 6) is 0.957. The van der Waals surface area contributed by atoms with Crippen LogP contribution in [0, 0.1) is 0 Å². The van der Waals surface area contributed by atoms with Crippen molar-refractivity contribution in [3.8, 4) is 5.75 Å². The second kappa shape index (κ2) is 8.37. The molecule has 1 unspecified atom stereocenters. The predicted octanol–water partition coefficient (Wildman–Crippen LogP) is 3.80. The number of nitrogens with zero attached hydrogens (tertiary/aromatic N) is 1. The highest BCUT2D eigenvalue weighted by atomic mass is 35.5. The summed E-state index contributed by atoms with van der Waals surface area (Å²) >= 11 is 0. The van der Waals surface area contributed by atoms with Crippen molar-refractivity contribution in [2.24, 2.45) is 5.73 Å². The van der Waals surface area contributed by atoms with E-state index in [0.717, 1.165) is 25.3 Å². The van der Waals surface area contributed by atoms with Gasteiger partial charge in [-0.1, -0.05) is 42.8 Å². The number of hydrogen-bond donors (Lipinski definition) is 1. The zero-order valence-electron chi connectivity index (χ0n) is 12.9. The number of ether oxygens (including phenoxy) is 1. The molecule has 22 heavy (non-hydrogen) atoms. The number of fused-ring (bicyclic) bond motifs is 1. The summed E-state index contributed by atoms with van der Waals surface area (Å²) in [5.41, 5.74) is 6.27. The largest absolute Gasteiger partial charge is 0.493 e. The Bertz CT molecular complexity index is 579. The lowest BCUT2D eigenvalue weighted by molar-refractivity contribution is 0.142. The first-order valence-corrected chi connectivity index (χ1v) is 7.95. The lowest BCUT2D eigenvalue weighted by Gasteiger charge is -2.32. The molecule has 1 fully saturated rings. The Hall–Kier alpha value is -1.29. The highest BCUT2D eigenvalue weighted by Crippen LogP contribution is 2.25. The maximum absolute atomic E-state index is 6.27. The first-order chi connectivity index (χ1) is 10.3. The third-order valence-electron chi connectivity index (χ3n) is 4.28. The standard InChI is InChI=1S/C18H24N2O.ClH/c19-18(20-12-4-1-5-13-20)11-14-21-17-10-6-8-15-7-2-3-9-16(15)17;/h2-3,6-10,18H,1,4-5,11-14,19H2;1H. The molecule has 0 saturated carbocycles. The highest BCUT2D eigenvalue weighted by Gasteiger charge is 2.16. The minimum Gasteiger partial charge on any atom is -0.493 e. The Morgan fingerprint density at radius 3 is 2.55 bits per heavy atom. The van der Waals surface area contributed by atoms with Crippen LogP contribution in [0.15, 0.2) is 42.5 Å². The van der Waals surface area contributed by atoms with Gasteiger partial charge < -0.3 is 10.5 Å². The quantitative estimate of drug-likeness (QED) is 0.910. The number of likely N-dealkylation sites (tertiary alicyclic amines) is 1. The molecule has 1 atom stereocenters. The Morgan fingerprint density at radius 1 is 1.00 bits per heavy atom. The Labute approximate surface area is 138 Å². The van der Waals surface area contributed by atoms with Gasteiger partial charge in [0.2, 0.25) is 0 Å². The monoisotopic (exact) mass is 320 g/mol. The van der Waals surface area contributed by atoms with Gasteiger partial charge in [0.15, 0.2) is 0 Å². The smallest absolute Gasteiger partial charge is 0.127 e. The van der Waals surface area contributed by atoms with Gasteiger partial charge >= 0.3 is 0 Å². The zero-order valence-corrected chi connectivity index (χ0v) is 13.7. The van der Waals surface area contributed by atoms with Crippen molar-refractivity contribution >= 4 is 23.2 Å². The number of piperidine rings is 1. The molecule has 0 bridgehead atoms. The average Bonchev–Trinajstić information content (AvgIpc) is 2.56. The molecule has 2 aromatic rings. The lowest BCUT2D eigenvalue weighted by atomic mass is 10.1. The van der Waals surface area contributed by atoms with Crippen molar-refractivity contribution in [2.75, 3.05) is 19.7 Å². The van der Waals surface area contributed by atoms with Crippen molar-refractivity contribution in [1.82, 2.24) is 4.90 Å². The van der Waals surface area contributed by atoms with Crippen LogP contribution in [-0.4, -0.2) is 30.8 Å². The Kier molecular flexibility index (Phi) is 6.49. The minimum absolute atomic E-state index is 0. The number of hydrogen-bond acceptors (Lipinski definition) is 3. The van der Waals surface area contributed by atoms with E-state index in [0.29, 0.717) is 6.61 Å². The molecule has 3 nitrogen and oxygen atoms in total. The van der Waals surface area contributed by atoms with E-state index in [1.54, 1.807) is 0 Å². The van der Waals surface area contributed by atoms with Crippen molar-refractivity contribution in [1.29, 1.82) is 0 Å². The molecule has 1 aliphatic rings. The van der Waals surface area contributed by atoms with Crippen LogP contribution in [0.25, 0.3) is 10.8 Å². The lowest BCUT2D eigenvalue weighted by Crippen LogP contribution is -2.45. The van der Waals surface area contributed by atoms with Gasteiger partial charge in [0.1, 0.15) is 5.75 Å². The van der Waals surface area contributed by atoms with E-state index in [1.807, 2.05) is 12.1 Å². The summed E-state index contributed by atoms with van der Waals surface area (Å²) in [7, 11) is 0. The average molecular weight is 321 g/mol. The number of nitrogens with two attached hydrogens (primary N) is 1. The molecule has 1 heterocycles. The molecular weight excluding hydrogens is 296 g/mol. The molecule has 120 valence electrons. The summed E-state index contributed by atoms with van der Waals surface area (Å²) in [5, 5.41) is 2.39. The molecule has 0 aromatic heterocycles. The van der Waals surface area contributed by atoms with E-state index in [9.17, 15) is 0 Å². The second-order valence-corrected chi connectivity index (χ2v) is 5.78.